The van der Waals surface area contributed by atoms with Gasteiger partial charge in [0.2, 0.25) is 0 Å². The Morgan fingerprint density at radius 2 is 1.50 bits per heavy atom. The van der Waals surface area contributed by atoms with Crippen LogP contribution in [0, 0.1) is 51.2 Å². The predicted octanol–water partition coefficient (Wildman–Crippen LogP) is 6.01. The first-order chi connectivity index (χ1) is 13.2. The average molecular weight is 387 g/mol. The third-order valence-corrected chi connectivity index (χ3v) is 11.8. The lowest BCUT2D eigenvalue weighted by molar-refractivity contribution is -0.213. The van der Waals surface area contributed by atoms with E-state index in [1.807, 2.05) is 0 Å². The number of aliphatic hydroxyl groups excluding tert-OH is 1. The van der Waals surface area contributed by atoms with Gasteiger partial charge < -0.3 is 9.90 Å². The van der Waals surface area contributed by atoms with Crippen molar-refractivity contribution in [1.82, 2.24) is 0 Å². The molecule has 5 saturated carbocycles. The van der Waals surface area contributed by atoms with Gasteiger partial charge in [-0.15, -0.1) is 0 Å². The van der Waals surface area contributed by atoms with Gasteiger partial charge in [-0.3, -0.25) is 0 Å². The van der Waals surface area contributed by atoms with Crippen LogP contribution < -0.4 is 0 Å². The summed E-state index contributed by atoms with van der Waals surface area (Å²) >= 11 is 0. The highest BCUT2D eigenvalue weighted by Gasteiger charge is 2.66. The molecule has 9 atom stereocenters. The standard InChI is InChI=1S/C26H42O2/c1-23(2)20-10-13-24(3)18-9-15-26(16-27)12-5-6-19(26)17(18)7-8-21(24)25(20,4)14-11-22(23)28/h16-22,28H,5-15H2,1-4H3. The third-order valence-electron chi connectivity index (χ3n) is 11.8. The van der Waals surface area contributed by atoms with Gasteiger partial charge in [0.05, 0.1) is 6.10 Å². The summed E-state index contributed by atoms with van der Waals surface area (Å²) in [5.41, 5.74) is 0.929. The van der Waals surface area contributed by atoms with Crippen LogP contribution in [0.1, 0.15) is 98.3 Å². The summed E-state index contributed by atoms with van der Waals surface area (Å²) < 4.78 is 0. The van der Waals surface area contributed by atoms with Crippen molar-refractivity contribution in [2.24, 2.45) is 51.2 Å². The predicted molar refractivity (Wildman–Crippen MR) is 113 cm³/mol. The molecule has 0 spiro atoms. The molecule has 28 heavy (non-hydrogen) atoms. The van der Waals surface area contributed by atoms with E-state index in [1.165, 1.54) is 57.7 Å². The van der Waals surface area contributed by atoms with Crippen LogP contribution in [-0.4, -0.2) is 17.5 Å². The highest BCUT2D eigenvalue weighted by Crippen LogP contribution is 2.72. The number of hydrogen-bond donors (Lipinski definition) is 1. The number of carbonyl (C=O) groups is 1. The lowest BCUT2D eigenvalue weighted by Crippen LogP contribution is -2.63. The molecule has 5 aliphatic rings. The summed E-state index contributed by atoms with van der Waals surface area (Å²) in [6.45, 7) is 9.93. The zero-order valence-corrected chi connectivity index (χ0v) is 18.7. The zero-order chi connectivity index (χ0) is 19.9. The van der Waals surface area contributed by atoms with Gasteiger partial charge >= 0.3 is 0 Å². The Labute approximate surface area is 172 Å². The summed E-state index contributed by atoms with van der Waals surface area (Å²) in [5.74, 6) is 3.76. The Hall–Kier alpha value is -0.370. The third kappa shape index (κ3) is 2.28. The van der Waals surface area contributed by atoms with Gasteiger partial charge in [-0.25, -0.2) is 0 Å². The van der Waals surface area contributed by atoms with Crippen molar-refractivity contribution in [2.75, 3.05) is 0 Å². The molecule has 0 radical (unpaired) electrons. The first-order valence-electron chi connectivity index (χ1n) is 12.3. The number of aldehydes is 1. The van der Waals surface area contributed by atoms with Gasteiger partial charge in [-0.05, 0) is 110 Å². The van der Waals surface area contributed by atoms with E-state index in [2.05, 4.69) is 27.7 Å². The summed E-state index contributed by atoms with van der Waals surface area (Å²) in [4.78, 5) is 12.1. The number of carbonyl (C=O) groups excluding carboxylic acids is 1. The molecular weight excluding hydrogens is 344 g/mol. The molecule has 1 N–H and O–H groups in total. The monoisotopic (exact) mass is 386 g/mol. The molecule has 5 rings (SSSR count). The van der Waals surface area contributed by atoms with Crippen LogP contribution in [0.3, 0.4) is 0 Å². The maximum absolute atomic E-state index is 12.1. The molecule has 0 saturated heterocycles. The molecular formula is C26H42O2. The maximum atomic E-state index is 12.1. The molecule has 2 nitrogen and oxygen atoms in total. The van der Waals surface area contributed by atoms with Crippen LogP contribution in [0.15, 0.2) is 0 Å². The molecule has 9 unspecified atom stereocenters. The molecule has 2 heteroatoms. The van der Waals surface area contributed by atoms with E-state index in [0.29, 0.717) is 22.7 Å². The molecule has 0 amide bonds. The molecule has 0 heterocycles. The number of hydrogen-bond acceptors (Lipinski definition) is 2. The van der Waals surface area contributed by atoms with Gasteiger partial charge in [0.25, 0.3) is 0 Å². The highest BCUT2D eigenvalue weighted by molar-refractivity contribution is 5.61. The van der Waals surface area contributed by atoms with Crippen molar-refractivity contribution < 1.29 is 9.90 Å². The Morgan fingerprint density at radius 1 is 0.750 bits per heavy atom. The second kappa shape index (κ2) is 6.08. The second-order valence-corrected chi connectivity index (χ2v) is 12.8. The van der Waals surface area contributed by atoms with E-state index >= 15 is 0 Å². The second-order valence-electron chi connectivity index (χ2n) is 12.8. The van der Waals surface area contributed by atoms with Crippen LogP contribution in [0.4, 0.5) is 0 Å². The number of rotatable bonds is 1. The minimum atomic E-state index is -0.132. The Bertz CT molecular complexity index is 655. The van der Waals surface area contributed by atoms with Gasteiger partial charge in [-0.2, -0.15) is 0 Å². The Balaban J connectivity index is 1.48. The van der Waals surface area contributed by atoms with E-state index in [9.17, 15) is 9.90 Å². The van der Waals surface area contributed by atoms with Crippen molar-refractivity contribution in [1.29, 1.82) is 0 Å². The molecule has 5 fully saturated rings. The van der Waals surface area contributed by atoms with Gasteiger partial charge in [0, 0.05) is 5.41 Å². The average Bonchev–Trinajstić information content (AvgIpc) is 3.10. The van der Waals surface area contributed by atoms with E-state index in [-0.39, 0.29) is 16.9 Å². The zero-order valence-electron chi connectivity index (χ0n) is 18.7. The van der Waals surface area contributed by atoms with Crippen LogP contribution >= 0.6 is 0 Å². The van der Waals surface area contributed by atoms with Crippen molar-refractivity contribution in [3.8, 4) is 0 Å². The first-order valence-corrected chi connectivity index (χ1v) is 12.3. The molecule has 0 aliphatic heterocycles. The molecule has 0 aromatic carbocycles. The molecule has 0 aromatic heterocycles. The molecule has 0 aromatic rings. The fraction of sp³-hybridized carbons (Fsp3) is 0.962. The van der Waals surface area contributed by atoms with Gasteiger partial charge in [0.15, 0.2) is 0 Å². The summed E-state index contributed by atoms with van der Waals surface area (Å²) in [5, 5.41) is 10.8. The maximum Gasteiger partial charge on any atom is 0.126 e. The SMILES string of the molecule is CC1(C)C(O)CCC2(C)C1CCC1(C)C3CCC4(C=O)CCCC4C3CCC12. The summed E-state index contributed by atoms with van der Waals surface area (Å²) in [6, 6.07) is 0. The van der Waals surface area contributed by atoms with Crippen LogP contribution in [-0.2, 0) is 4.79 Å². The molecule has 0 bridgehead atoms. The smallest absolute Gasteiger partial charge is 0.126 e. The van der Waals surface area contributed by atoms with Crippen molar-refractivity contribution >= 4 is 6.29 Å². The van der Waals surface area contributed by atoms with E-state index < -0.39 is 0 Å². The van der Waals surface area contributed by atoms with E-state index in [1.54, 1.807) is 0 Å². The van der Waals surface area contributed by atoms with Crippen molar-refractivity contribution in [3.63, 3.8) is 0 Å². The lowest BCUT2D eigenvalue weighted by atomic mass is 9.36. The largest absolute Gasteiger partial charge is 0.393 e. The van der Waals surface area contributed by atoms with E-state index in [4.69, 9.17) is 0 Å². The van der Waals surface area contributed by atoms with Crippen LogP contribution in [0.5, 0.6) is 0 Å². The first kappa shape index (κ1) is 19.6. The van der Waals surface area contributed by atoms with Crippen LogP contribution in [0.25, 0.3) is 0 Å². The quantitative estimate of drug-likeness (QED) is 0.560. The normalized spacial score (nSPS) is 57.5. The fourth-order valence-electron chi connectivity index (χ4n) is 10.5. The number of aliphatic hydroxyl groups is 1. The highest BCUT2D eigenvalue weighted by atomic mass is 16.3. The molecule has 5 aliphatic carbocycles. The summed E-state index contributed by atoms with van der Waals surface area (Å²) in [6.07, 6.45) is 15.0. The van der Waals surface area contributed by atoms with Gasteiger partial charge in [-0.1, -0.05) is 34.1 Å². The van der Waals surface area contributed by atoms with Crippen LogP contribution in [0.2, 0.25) is 0 Å². The van der Waals surface area contributed by atoms with Crippen molar-refractivity contribution in [3.05, 3.63) is 0 Å². The van der Waals surface area contributed by atoms with Crippen molar-refractivity contribution in [2.45, 2.75) is 104 Å². The number of fused-ring (bicyclic) bond motifs is 7. The minimum absolute atomic E-state index is 0.0441. The Morgan fingerprint density at radius 3 is 2.25 bits per heavy atom. The lowest BCUT2D eigenvalue weighted by Gasteiger charge is -2.69. The van der Waals surface area contributed by atoms with E-state index in [0.717, 1.165) is 37.0 Å². The molecule has 158 valence electrons. The fourth-order valence-corrected chi connectivity index (χ4v) is 10.5. The van der Waals surface area contributed by atoms with Gasteiger partial charge in [0.1, 0.15) is 6.29 Å². The summed E-state index contributed by atoms with van der Waals surface area (Å²) in [7, 11) is 0. The Kier molecular flexibility index (Phi) is 4.25. The topological polar surface area (TPSA) is 37.3 Å². The minimum Gasteiger partial charge on any atom is -0.393 e.